The number of likely N-dealkylation sites (tertiary alicyclic amines) is 1. The Labute approximate surface area is 222 Å². The van der Waals surface area contributed by atoms with Crippen molar-refractivity contribution in [1.29, 1.82) is 0 Å². The first-order valence-electron chi connectivity index (χ1n) is 12.3. The maximum atomic E-state index is 13.0. The molecule has 0 spiro atoms. The van der Waals surface area contributed by atoms with Gasteiger partial charge in [0.05, 0.1) is 47.5 Å². The molecule has 0 bridgehead atoms. The number of nitrogens with one attached hydrogen (secondary N) is 3. The summed E-state index contributed by atoms with van der Waals surface area (Å²) >= 11 is 6.32. The number of rotatable bonds is 8. The number of carbonyl (C=O) groups is 1. The Balaban J connectivity index is 1.49. The second kappa shape index (κ2) is 10.7. The number of hydrogen-bond donors (Lipinski definition) is 3. The third kappa shape index (κ3) is 5.39. The van der Waals surface area contributed by atoms with E-state index in [4.69, 9.17) is 21.1 Å². The van der Waals surface area contributed by atoms with Crippen LogP contribution in [-0.4, -0.2) is 66.3 Å². The predicted molar refractivity (Wildman–Crippen MR) is 137 cm³/mol. The fraction of sp³-hybridized carbons (Fsp3) is 0.385. The van der Waals surface area contributed by atoms with Crippen LogP contribution < -0.4 is 20.1 Å². The number of methoxy groups -OCH3 is 1. The van der Waals surface area contributed by atoms with Gasteiger partial charge < -0.3 is 25.1 Å². The molecule has 0 aliphatic carbocycles. The van der Waals surface area contributed by atoms with E-state index in [0.717, 1.165) is 5.69 Å². The zero-order chi connectivity index (χ0) is 26.9. The molecule has 12 heteroatoms. The van der Waals surface area contributed by atoms with Crippen LogP contribution in [0, 0.1) is 0 Å². The Morgan fingerprint density at radius 1 is 1.29 bits per heavy atom. The van der Waals surface area contributed by atoms with Crippen LogP contribution in [-0.2, 0) is 6.42 Å². The summed E-state index contributed by atoms with van der Waals surface area (Å²) in [5, 5.41) is 6.59. The molecule has 1 aromatic carbocycles. The summed E-state index contributed by atoms with van der Waals surface area (Å²) in [6, 6.07) is 6.63. The van der Waals surface area contributed by atoms with E-state index < -0.39 is 12.7 Å². The number of nitrogens with zero attached hydrogens (tertiary/aromatic N) is 2. The van der Waals surface area contributed by atoms with E-state index in [9.17, 15) is 18.0 Å². The lowest BCUT2D eigenvalue weighted by atomic mass is 10.0. The first-order chi connectivity index (χ1) is 18.2. The molecule has 38 heavy (non-hydrogen) atoms. The second-order valence-electron chi connectivity index (χ2n) is 9.24. The highest BCUT2D eigenvalue weighted by Crippen LogP contribution is 2.43. The average Bonchev–Trinajstić information content (AvgIpc) is 3.46. The van der Waals surface area contributed by atoms with Crippen LogP contribution in [0.5, 0.6) is 11.5 Å². The molecular formula is C26H27ClF3N5O3. The summed E-state index contributed by atoms with van der Waals surface area (Å²) in [7, 11) is 1.51. The third-order valence-corrected chi connectivity index (χ3v) is 7.06. The van der Waals surface area contributed by atoms with Crippen molar-refractivity contribution in [3.8, 4) is 22.8 Å². The van der Waals surface area contributed by atoms with Crippen molar-refractivity contribution >= 4 is 28.9 Å². The van der Waals surface area contributed by atoms with Crippen molar-refractivity contribution in [2.45, 2.75) is 31.5 Å². The van der Waals surface area contributed by atoms with Crippen molar-refractivity contribution in [3.63, 3.8) is 0 Å². The highest BCUT2D eigenvalue weighted by atomic mass is 35.5. The van der Waals surface area contributed by atoms with E-state index >= 15 is 0 Å². The van der Waals surface area contributed by atoms with E-state index in [1.54, 1.807) is 30.5 Å². The summed E-state index contributed by atoms with van der Waals surface area (Å²) in [4.78, 5) is 21.9. The number of H-pyrrole nitrogens is 1. The van der Waals surface area contributed by atoms with E-state index in [2.05, 4.69) is 20.6 Å². The molecule has 3 N–H and O–H groups in total. The molecule has 202 valence electrons. The van der Waals surface area contributed by atoms with Crippen LogP contribution in [0.25, 0.3) is 11.3 Å². The maximum Gasteiger partial charge on any atom is 0.401 e. The number of para-hydroxylation sites is 1. The van der Waals surface area contributed by atoms with E-state index in [1.807, 2.05) is 0 Å². The molecule has 2 aliphatic rings. The van der Waals surface area contributed by atoms with Gasteiger partial charge in [0.15, 0.2) is 5.75 Å². The van der Waals surface area contributed by atoms with Gasteiger partial charge in [-0.3, -0.25) is 14.7 Å². The number of halogens is 4. The number of amides is 1. The molecule has 1 atom stereocenters. The molecule has 0 saturated carbocycles. The van der Waals surface area contributed by atoms with Gasteiger partial charge in [-0.05, 0) is 37.6 Å². The van der Waals surface area contributed by atoms with E-state index in [-0.39, 0.29) is 18.6 Å². The van der Waals surface area contributed by atoms with Gasteiger partial charge in [0.2, 0.25) is 0 Å². The smallest absolute Gasteiger partial charge is 0.401 e. The Hall–Kier alpha value is -3.44. The second-order valence-corrected chi connectivity index (χ2v) is 9.65. The number of anilines is 2. The molecule has 2 aromatic heterocycles. The third-order valence-electron chi connectivity index (χ3n) is 6.76. The number of hydrogen-bond acceptors (Lipinski definition) is 6. The van der Waals surface area contributed by atoms with Gasteiger partial charge in [0.25, 0.3) is 5.91 Å². The Bertz CT molecular complexity index is 1330. The highest BCUT2D eigenvalue weighted by Gasteiger charge is 2.36. The maximum absolute atomic E-state index is 13.0. The number of fused-ring (bicyclic) bond motifs is 1. The molecule has 5 rings (SSSR count). The number of benzene rings is 1. The number of ether oxygens (including phenoxy) is 2. The summed E-state index contributed by atoms with van der Waals surface area (Å²) in [5.74, 6) is 0.581. The van der Waals surface area contributed by atoms with Crippen LogP contribution >= 0.6 is 11.6 Å². The fourth-order valence-corrected chi connectivity index (χ4v) is 5.32. The van der Waals surface area contributed by atoms with Crippen molar-refractivity contribution in [3.05, 3.63) is 52.9 Å². The van der Waals surface area contributed by atoms with E-state index in [0.29, 0.717) is 77.1 Å². The number of pyridine rings is 1. The minimum Gasteiger partial charge on any atom is -0.493 e. The van der Waals surface area contributed by atoms with Crippen molar-refractivity contribution in [1.82, 2.24) is 20.2 Å². The number of aromatic nitrogens is 2. The summed E-state index contributed by atoms with van der Waals surface area (Å²) in [6.45, 7) is -0.0148. The zero-order valence-corrected chi connectivity index (χ0v) is 21.4. The average molecular weight is 550 g/mol. The molecule has 0 unspecified atom stereocenters. The first kappa shape index (κ1) is 26.2. The predicted octanol–water partition coefficient (Wildman–Crippen LogP) is 5.17. The van der Waals surface area contributed by atoms with Crippen LogP contribution in [0.1, 0.15) is 28.9 Å². The Morgan fingerprint density at radius 3 is 2.92 bits per heavy atom. The van der Waals surface area contributed by atoms with Gasteiger partial charge in [0, 0.05) is 36.5 Å². The summed E-state index contributed by atoms with van der Waals surface area (Å²) < 4.78 is 50.6. The number of carbonyl (C=O) groups excluding carboxylic acids is 1. The highest BCUT2D eigenvalue weighted by molar-refractivity contribution is 6.32. The molecule has 1 fully saturated rings. The molecule has 1 amide bonds. The first-order valence-corrected chi connectivity index (χ1v) is 12.6. The SMILES string of the molecule is COc1c(Cl)cccc1Nc1c(-c2ccncc2OC[C@@H]2CCCN2CC(F)(F)F)[nH]c2c1C(=O)NCC2. The summed E-state index contributed by atoms with van der Waals surface area (Å²) in [6.07, 6.45) is 0.744. The molecule has 4 heterocycles. The molecule has 0 radical (unpaired) electrons. The zero-order valence-electron chi connectivity index (χ0n) is 20.6. The standard InChI is InChI=1S/C26H27ClF3N5O3/c1-37-24-17(27)5-2-6-19(24)34-23-21-18(8-10-32-25(21)36)33-22(23)16-7-9-31-12-20(16)38-13-15-4-3-11-35(15)14-26(28,29)30/h2,5-7,9,12,15,33-34H,3-4,8,10-11,13-14H2,1H3,(H,32,36)/t15-/m0/s1. The summed E-state index contributed by atoms with van der Waals surface area (Å²) in [5.41, 5.74) is 3.49. The topological polar surface area (TPSA) is 91.5 Å². The van der Waals surface area contributed by atoms with Gasteiger partial charge >= 0.3 is 6.18 Å². The monoisotopic (exact) mass is 549 g/mol. The number of alkyl halides is 3. The van der Waals surface area contributed by atoms with Gasteiger partial charge in [-0.1, -0.05) is 17.7 Å². The lowest BCUT2D eigenvalue weighted by Gasteiger charge is -2.25. The lowest BCUT2D eigenvalue weighted by molar-refractivity contribution is -0.148. The van der Waals surface area contributed by atoms with Gasteiger partial charge in [-0.25, -0.2) is 0 Å². The van der Waals surface area contributed by atoms with Crippen molar-refractivity contribution in [2.75, 3.05) is 38.7 Å². The molecular weight excluding hydrogens is 523 g/mol. The largest absolute Gasteiger partial charge is 0.493 e. The molecule has 3 aromatic rings. The molecule has 8 nitrogen and oxygen atoms in total. The molecule has 1 saturated heterocycles. The van der Waals surface area contributed by atoms with Crippen LogP contribution in [0.4, 0.5) is 24.5 Å². The number of aromatic amines is 1. The van der Waals surface area contributed by atoms with Gasteiger partial charge in [0.1, 0.15) is 12.4 Å². The van der Waals surface area contributed by atoms with Gasteiger partial charge in [-0.15, -0.1) is 0 Å². The van der Waals surface area contributed by atoms with Crippen molar-refractivity contribution < 1.29 is 27.4 Å². The van der Waals surface area contributed by atoms with Crippen LogP contribution in [0.3, 0.4) is 0 Å². The Kier molecular flexibility index (Phi) is 7.40. The lowest BCUT2D eigenvalue weighted by Crippen LogP contribution is -2.40. The Morgan fingerprint density at radius 2 is 2.13 bits per heavy atom. The quantitative estimate of drug-likeness (QED) is 0.359. The van der Waals surface area contributed by atoms with E-state index in [1.165, 1.54) is 18.2 Å². The fourth-order valence-electron chi connectivity index (χ4n) is 5.07. The normalized spacial score (nSPS) is 17.7. The minimum atomic E-state index is -4.27. The minimum absolute atomic E-state index is 0.0839. The van der Waals surface area contributed by atoms with Gasteiger partial charge in [-0.2, -0.15) is 13.2 Å². The van der Waals surface area contributed by atoms with Crippen LogP contribution in [0.15, 0.2) is 36.7 Å². The van der Waals surface area contributed by atoms with Crippen LogP contribution in [0.2, 0.25) is 5.02 Å². The van der Waals surface area contributed by atoms with Crippen molar-refractivity contribution in [2.24, 2.45) is 0 Å². The molecule has 2 aliphatic heterocycles.